The highest BCUT2D eigenvalue weighted by Gasteiger charge is 2.30. The van der Waals surface area contributed by atoms with Crippen LogP contribution in [0.25, 0.3) is 0 Å². The number of rotatable bonds is 6. The van der Waals surface area contributed by atoms with E-state index in [2.05, 4.69) is 4.72 Å². The van der Waals surface area contributed by atoms with E-state index in [1.165, 1.54) is 19.2 Å². The predicted molar refractivity (Wildman–Crippen MR) is 101 cm³/mol. The molecular weight excluding hydrogens is 368 g/mol. The SMILES string of the molecule is COc1ccc(S(=O)(=O)NC[C@@H]2CCCN(C(=O)C3CCOCC3)C2)cc1. The van der Waals surface area contributed by atoms with E-state index in [0.29, 0.717) is 32.1 Å². The summed E-state index contributed by atoms with van der Waals surface area (Å²) in [6.07, 6.45) is 3.39. The zero-order valence-corrected chi connectivity index (χ0v) is 16.5. The summed E-state index contributed by atoms with van der Waals surface area (Å²) < 4.78 is 38.1. The standard InChI is InChI=1S/C19H28N2O5S/c1-25-17-4-6-18(7-5-17)27(23,24)20-13-15-3-2-10-21(14-15)19(22)16-8-11-26-12-9-16/h4-7,15-16,20H,2-3,8-14H2,1H3/t15-/m0/s1. The minimum Gasteiger partial charge on any atom is -0.497 e. The smallest absolute Gasteiger partial charge is 0.240 e. The first-order chi connectivity index (χ1) is 13.0. The number of likely N-dealkylation sites (tertiary alicyclic amines) is 1. The second-order valence-corrected chi connectivity index (χ2v) is 8.97. The molecule has 7 nitrogen and oxygen atoms in total. The van der Waals surface area contributed by atoms with E-state index in [9.17, 15) is 13.2 Å². The van der Waals surface area contributed by atoms with E-state index in [0.717, 1.165) is 32.2 Å². The zero-order chi connectivity index (χ0) is 19.3. The third-order valence-electron chi connectivity index (χ3n) is 5.33. The molecule has 0 aliphatic carbocycles. The molecule has 2 fully saturated rings. The number of ether oxygens (including phenoxy) is 2. The van der Waals surface area contributed by atoms with Crippen LogP contribution in [0.1, 0.15) is 25.7 Å². The quantitative estimate of drug-likeness (QED) is 0.790. The van der Waals surface area contributed by atoms with Gasteiger partial charge in [-0.2, -0.15) is 0 Å². The Morgan fingerprint density at radius 3 is 2.59 bits per heavy atom. The predicted octanol–water partition coefficient (Wildman–Crippen LogP) is 1.64. The Morgan fingerprint density at radius 1 is 1.22 bits per heavy atom. The van der Waals surface area contributed by atoms with Gasteiger partial charge >= 0.3 is 0 Å². The van der Waals surface area contributed by atoms with Crippen molar-refractivity contribution in [3.8, 4) is 5.75 Å². The summed E-state index contributed by atoms with van der Waals surface area (Å²) in [6.45, 7) is 3.01. The first-order valence-electron chi connectivity index (χ1n) is 9.50. The molecule has 0 unspecified atom stereocenters. The summed E-state index contributed by atoms with van der Waals surface area (Å²) in [7, 11) is -2.03. The first kappa shape index (κ1) is 20.1. The van der Waals surface area contributed by atoms with Crippen LogP contribution in [0, 0.1) is 11.8 Å². The fraction of sp³-hybridized carbons (Fsp3) is 0.632. The van der Waals surface area contributed by atoms with Crippen molar-refractivity contribution in [3.63, 3.8) is 0 Å². The molecule has 1 N–H and O–H groups in total. The van der Waals surface area contributed by atoms with Crippen molar-refractivity contribution >= 4 is 15.9 Å². The summed E-state index contributed by atoms with van der Waals surface area (Å²) in [5, 5.41) is 0. The fourth-order valence-electron chi connectivity index (χ4n) is 3.70. The lowest BCUT2D eigenvalue weighted by molar-refractivity contribution is -0.140. The van der Waals surface area contributed by atoms with Gasteiger partial charge in [0.25, 0.3) is 0 Å². The summed E-state index contributed by atoms with van der Waals surface area (Å²) in [5.74, 6) is 0.994. The molecule has 1 aromatic rings. The second kappa shape index (κ2) is 9.03. The second-order valence-electron chi connectivity index (χ2n) is 7.21. The monoisotopic (exact) mass is 396 g/mol. The third-order valence-corrected chi connectivity index (χ3v) is 6.77. The van der Waals surface area contributed by atoms with Gasteiger partial charge in [0, 0.05) is 38.8 Å². The topological polar surface area (TPSA) is 84.9 Å². The van der Waals surface area contributed by atoms with Crippen molar-refractivity contribution in [1.82, 2.24) is 9.62 Å². The number of nitrogens with one attached hydrogen (secondary N) is 1. The highest BCUT2D eigenvalue weighted by Crippen LogP contribution is 2.23. The van der Waals surface area contributed by atoms with Gasteiger partial charge in [-0.05, 0) is 55.9 Å². The Labute approximate surface area is 161 Å². The molecule has 1 aromatic carbocycles. The van der Waals surface area contributed by atoms with E-state index in [1.54, 1.807) is 12.1 Å². The van der Waals surface area contributed by atoms with E-state index in [-0.39, 0.29) is 22.6 Å². The number of piperidine rings is 1. The van der Waals surface area contributed by atoms with Gasteiger partial charge in [0.05, 0.1) is 12.0 Å². The Balaban J connectivity index is 1.54. The molecule has 0 bridgehead atoms. The summed E-state index contributed by atoms with van der Waals surface area (Å²) in [6, 6.07) is 6.32. The number of methoxy groups -OCH3 is 1. The Kier molecular flexibility index (Phi) is 6.73. The molecule has 1 atom stereocenters. The number of amides is 1. The molecule has 2 saturated heterocycles. The molecule has 150 valence electrons. The van der Waals surface area contributed by atoms with Crippen LogP contribution in [0.4, 0.5) is 0 Å². The number of hydrogen-bond acceptors (Lipinski definition) is 5. The van der Waals surface area contributed by atoms with E-state index in [4.69, 9.17) is 9.47 Å². The number of sulfonamides is 1. The summed E-state index contributed by atoms with van der Waals surface area (Å²) in [4.78, 5) is 14.8. The lowest BCUT2D eigenvalue weighted by atomic mass is 9.94. The van der Waals surface area contributed by atoms with Crippen LogP contribution >= 0.6 is 0 Å². The van der Waals surface area contributed by atoms with Crippen molar-refractivity contribution in [2.45, 2.75) is 30.6 Å². The maximum Gasteiger partial charge on any atom is 0.240 e. The van der Waals surface area contributed by atoms with Gasteiger partial charge in [0.2, 0.25) is 15.9 Å². The van der Waals surface area contributed by atoms with E-state index >= 15 is 0 Å². The average molecular weight is 397 g/mol. The van der Waals surface area contributed by atoms with Gasteiger partial charge in [-0.25, -0.2) is 13.1 Å². The third kappa shape index (κ3) is 5.21. The number of nitrogens with zero attached hydrogens (tertiary/aromatic N) is 1. The van der Waals surface area contributed by atoms with Gasteiger partial charge in [0.1, 0.15) is 5.75 Å². The van der Waals surface area contributed by atoms with Crippen LogP contribution in [-0.2, 0) is 19.6 Å². The highest BCUT2D eigenvalue weighted by atomic mass is 32.2. The molecular formula is C19H28N2O5S. The van der Waals surface area contributed by atoms with Crippen molar-refractivity contribution in [1.29, 1.82) is 0 Å². The normalized spacial score (nSPS) is 21.8. The molecule has 2 aliphatic heterocycles. The highest BCUT2D eigenvalue weighted by molar-refractivity contribution is 7.89. The molecule has 0 radical (unpaired) electrons. The molecule has 27 heavy (non-hydrogen) atoms. The van der Waals surface area contributed by atoms with Crippen LogP contribution in [-0.4, -0.2) is 59.2 Å². The van der Waals surface area contributed by atoms with E-state index < -0.39 is 10.0 Å². The van der Waals surface area contributed by atoms with Crippen molar-refractivity contribution < 1.29 is 22.7 Å². The van der Waals surface area contributed by atoms with Gasteiger partial charge in [-0.3, -0.25) is 4.79 Å². The largest absolute Gasteiger partial charge is 0.497 e. The Hall–Kier alpha value is -1.64. The molecule has 2 heterocycles. The molecule has 2 aliphatic rings. The lowest BCUT2D eigenvalue weighted by Gasteiger charge is -2.36. The number of hydrogen-bond donors (Lipinski definition) is 1. The van der Waals surface area contributed by atoms with Crippen LogP contribution in [0.15, 0.2) is 29.2 Å². The van der Waals surface area contributed by atoms with Gasteiger partial charge in [0.15, 0.2) is 0 Å². The number of benzene rings is 1. The van der Waals surface area contributed by atoms with Crippen molar-refractivity contribution in [3.05, 3.63) is 24.3 Å². The first-order valence-corrected chi connectivity index (χ1v) is 11.0. The van der Waals surface area contributed by atoms with Crippen LogP contribution in [0.5, 0.6) is 5.75 Å². The number of carbonyl (C=O) groups is 1. The lowest BCUT2D eigenvalue weighted by Crippen LogP contribution is -2.46. The molecule has 0 spiro atoms. The van der Waals surface area contributed by atoms with Crippen molar-refractivity contribution in [2.24, 2.45) is 11.8 Å². The van der Waals surface area contributed by atoms with Gasteiger partial charge < -0.3 is 14.4 Å². The Bertz CT molecular complexity index is 729. The van der Waals surface area contributed by atoms with Crippen LogP contribution in [0.2, 0.25) is 0 Å². The van der Waals surface area contributed by atoms with Gasteiger partial charge in [-0.15, -0.1) is 0 Å². The fourth-order valence-corrected chi connectivity index (χ4v) is 4.82. The number of carbonyl (C=O) groups excluding carboxylic acids is 1. The molecule has 8 heteroatoms. The minimum absolute atomic E-state index is 0.0495. The molecule has 0 saturated carbocycles. The summed E-state index contributed by atoms with van der Waals surface area (Å²) >= 11 is 0. The van der Waals surface area contributed by atoms with Gasteiger partial charge in [-0.1, -0.05) is 0 Å². The zero-order valence-electron chi connectivity index (χ0n) is 15.7. The van der Waals surface area contributed by atoms with Crippen molar-refractivity contribution in [2.75, 3.05) is 40.0 Å². The maximum atomic E-state index is 12.7. The molecule has 3 rings (SSSR count). The summed E-state index contributed by atoms with van der Waals surface area (Å²) in [5.41, 5.74) is 0. The molecule has 1 amide bonds. The maximum absolute atomic E-state index is 12.7. The van der Waals surface area contributed by atoms with Crippen LogP contribution in [0.3, 0.4) is 0 Å². The molecule has 0 aromatic heterocycles. The van der Waals surface area contributed by atoms with E-state index in [1.807, 2.05) is 4.90 Å². The average Bonchev–Trinajstić information content (AvgIpc) is 2.72. The minimum atomic E-state index is -3.57. The Morgan fingerprint density at radius 2 is 1.93 bits per heavy atom. The van der Waals surface area contributed by atoms with Crippen LogP contribution < -0.4 is 9.46 Å².